The molecular formula is C21H30NSi+. The maximum absolute atomic E-state index is 2.49. The van der Waals surface area contributed by atoms with Crippen molar-refractivity contribution in [3.8, 4) is 0 Å². The molecule has 0 N–H and O–H groups in total. The molecule has 0 saturated heterocycles. The van der Waals surface area contributed by atoms with Crippen LogP contribution in [0.25, 0.3) is 0 Å². The lowest BCUT2D eigenvalue weighted by Gasteiger charge is -2.22. The smallest absolute Gasteiger partial charge is 0.214 e. The summed E-state index contributed by atoms with van der Waals surface area (Å²) in [6.45, 7) is 16.1. The van der Waals surface area contributed by atoms with Gasteiger partial charge in [-0.2, -0.15) is 0 Å². The Hall–Kier alpha value is -1.67. The summed E-state index contributed by atoms with van der Waals surface area (Å²) in [5, 5.41) is 1.55. The van der Waals surface area contributed by atoms with Crippen LogP contribution in [-0.2, 0) is 0 Å². The van der Waals surface area contributed by atoms with Gasteiger partial charge in [0, 0.05) is 11.1 Å². The van der Waals surface area contributed by atoms with Gasteiger partial charge in [-0.3, -0.25) is 0 Å². The Labute approximate surface area is 142 Å². The average molecular weight is 325 g/mol. The summed E-state index contributed by atoms with van der Waals surface area (Å²) in [7, 11) is -1.42. The Morgan fingerprint density at radius 3 is 2.04 bits per heavy atom. The molecule has 0 saturated carbocycles. The van der Waals surface area contributed by atoms with E-state index in [4.69, 9.17) is 0 Å². The van der Waals surface area contributed by atoms with E-state index in [0.717, 1.165) is 13.1 Å². The number of nitrogens with zero attached hydrogens (tertiary/aromatic N) is 1. The highest BCUT2D eigenvalue weighted by atomic mass is 28.3. The van der Waals surface area contributed by atoms with Gasteiger partial charge in [-0.25, -0.2) is 4.58 Å². The van der Waals surface area contributed by atoms with Crippen LogP contribution in [0.5, 0.6) is 0 Å². The number of aryl methyl sites for hydroxylation is 1. The summed E-state index contributed by atoms with van der Waals surface area (Å²) >= 11 is 0. The number of hydrogen-bond acceptors (Lipinski definition) is 0. The lowest BCUT2D eigenvalue weighted by atomic mass is 9.99. The van der Waals surface area contributed by atoms with Crippen LogP contribution < -0.4 is 5.19 Å². The van der Waals surface area contributed by atoms with Crippen molar-refractivity contribution in [2.75, 3.05) is 13.1 Å². The monoisotopic (exact) mass is 324 g/mol. The maximum Gasteiger partial charge on any atom is 0.214 e. The third-order valence-electron chi connectivity index (χ3n) is 4.37. The van der Waals surface area contributed by atoms with E-state index < -0.39 is 8.07 Å². The number of rotatable bonds is 5. The standard InChI is InChI=1S/C21H30NSi/c1-7-22(8-2)21(18-12-10-9-11-13-18)19-16-17(3)14-15-20(19)23(4,5)6/h9-16H,7-8H2,1-6H3/q+1. The Kier molecular flexibility index (Phi) is 5.58. The van der Waals surface area contributed by atoms with Gasteiger partial charge in [0.15, 0.2) is 0 Å². The van der Waals surface area contributed by atoms with Crippen molar-refractivity contribution in [3.63, 3.8) is 0 Å². The minimum Gasteiger partial charge on any atom is -0.230 e. The molecule has 0 radical (unpaired) electrons. The van der Waals surface area contributed by atoms with E-state index in [9.17, 15) is 0 Å². The third kappa shape index (κ3) is 4.00. The molecule has 2 aromatic rings. The second-order valence-electron chi connectivity index (χ2n) is 7.19. The quantitative estimate of drug-likeness (QED) is 0.435. The van der Waals surface area contributed by atoms with Gasteiger partial charge in [0.05, 0.1) is 8.07 Å². The first-order chi connectivity index (χ1) is 10.9. The van der Waals surface area contributed by atoms with Crippen LogP contribution >= 0.6 is 0 Å². The topological polar surface area (TPSA) is 3.01 Å². The molecule has 0 aliphatic rings. The van der Waals surface area contributed by atoms with E-state index in [-0.39, 0.29) is 0 Å². The zero-order chi connectivity index (χ0) is 17.0. The van der Waals surface area contributed by atoms with Crippen molar-refractivity contribution >= 4 is 19.0 Å². The van der Waals surface area contributed by atoms with Crippen molar-refractivity contribution in [1.29, 1.82) is 0 Å². The van der Waals surface area contributed by atoms with Crippen molar-refractivity contribution in [3.05, 3.63) is 65.2 Å². The summed E-state index contributed by atoms with van der Waals surface area (Å²) < 4.78 is 2.49. The number of hydrogen-bond donors (Lipinski definition) is 0. The molecule has 0 amide bonds. The minimum atomic E-state index is -1.42. The zero-order valence-electron chi connectivity index (χ0n) is 15.5. The normalized spacial score (nSPS) is 11.4. The first-order valence-electron chi connectivity index (χ1n) is 8.67. The van der Waals surface area contributed by atoms with Crippen LogP contribution in [0.1, 0.15) is 30.5 Å². The highest BCUT2D eigenvalue weighted by Crippen LogP contribution is 2.16. The van der Waals surface area contributed by atoms with Crippen LogP contribution in [0.3, 0.4) is 0 Å². The predicted octanol–water partition coefficient (Wildman–Crippen LogP) is 4.43. The molecule has 0 aliphatic carbocycles. The zero-order valence-corrected chi connectivity index (χ0v) is 16.5. The van der Waals surface area contributed by atoms with Crippen molar-refractivity contribution in [2.24, 2.45) is 0 Å². The van der Waals surface area contributed by atoms with Gasteiger partial charge in [-0.15, -0.1) is 0 Å². The van der Waals surface area contributed by atoms with Gasteiger partial charge in [0.2, 0.25) is 5.71 Å². The molecule has 0 atom stereocenters. The fourth-order valence-electron chi connectivity index (χ4n) is 3.15. The van der Waals surface area contributed by atoms with Gasteiger partial charge in [0.1, 0.15) is 13.1 Å². The van der Waals surface area contributed by atoms with Gasteiger partial charge in [0.25, 0.3) is 0 Å². The van der Waals surface area contributed by atoms with Crippen molar-refractivity contribution in [1.82, 2.24) is 0 Å². The average Bonchev–Trinajstić information content (AvgIpc) is 2.52. The molecule has 122 valence electrons. The molecule has 2 heteroatoms. The molecule has 2 rings (SSSR count). The van der Waals surface area contributed by atoms with Crippen LogP contribution in [0.15, 0.2) is 48.5 Å². The second kappa shape index (κ2) is 7.27. The maximum atomic E-state index is 2.49. The van der Waals surface area contributed by atoms with E-state index in [1.807, 2.05) is 0 Å². The molecule has 0 aromatic heterocycles. The Balaban J connectivity index is 2.81. The summed E-state index contributed by atoms with van der Waals surface area (Å²) in [4.78, 5) is 0. The first kappa shape index (κ1) is 17.7. The van der Waals surface area contributed by atoms with Crippen LogP contribution in [0.2, 0.25) is 19.6 Å². The van der Waals surface area contributed by atoms with E-state index in [2.05, 4.69) is 93.5 Å². The Bertz CT molecular complexity index is 688. The molecule has 0 fully saturated rings. The minimum absolute atomic E-state index is 1.03. The van der Waals surface area contributed by atoms with E-state index >= 15 is 0 Å². The second-order valence-corrected chi connectivity index (χ2v) is 12.2. The lowest BCUT2D eigenvalue weighted by molar-refractivity contribution is -0.519. The molecule has 0 unspecified atom stereocenters. The van der Waals surface area contributed by atoms with Crippen molar-refractivity contribution < 1.29 is 4.58 Å². The molecule has 0 heterocycles. The van der Waals surface area contributed by atoms with Crippen LogP contribution in [0.4, 0.5) is 0 Å². The number of benzene rings is 2. The molecule has 0 bridgehead atoms. The van der Waals surface area contributed by atoms with Gasteiger partial charge >= 0.3 is 0 Å². The molecule has 23 heavy (non-hydrogen) atoms. The lowest BCUT2D eigenvalue weighted by Crippen LogP contribution is -2.43. The molecular weight excluding hydrogens is 294 g/mol. The van der Waals surface area contributed by atoms with Crippen LogP contribution in [-0.4, -0.2) is 31.5 Å². The highest BCUT2D eigenvalue weighted by molar-refractivity contribution is 6.89. The molecule has 2 aromatic carbocycles. The fraction of sp³-hybridized carbons (Fsp3) is 0.381. The van der Waals surface area contributed by atoms with Crippen LogP contribution in [0, 0.1) is 6.92 Å². The highest BCUT2D eigenvalue weighted by Gasteiger charge is 2.27. The van der Waals surface area contributed by atoms with Gasteiger partial charge in [-0.05, 0) is 44.2 Å². The van der Waals surface area contributed by atoms with E-state index in [1.54, 1.807) is 5.19 Å². The van der Waals surface area contributed by atoms with Crippen molar-refractivity contribution in [2.45, 2.75) is 40.4 Å². The summed E-state index contributed by atoms with van der Waals surface area (Å²) in [6.07, 6.45) is 0. The fourth-order valence-corrected chi connectivity index (χ4v) is 4.73. The Morgan fingerprint density at radius 2 is 1.52 bits per heavy atom. The largest absolute Gasteiger partial charge is 0.230 e. The van der Waals surface area contributed by atoms with E-state index in [1.165, 1.54) is 22.4 Å². The van der Waals surface area contributed by atoms with Gasteiger partial charge in [-0.1, -0.05) is 55.5 Å². The molecule has 0 aliphatic heterocycles. The summed E-state index contributed by atoms with van der Waals surface area (Å²) in [5.74, 6) is 0. The van der Waals surface area contributed by atoms with Gasteiger partial charge < -0.3 is 0 Å². The molecule has 1 nitrogen and oxygen atoms in total. The summed E-state index contributed by atoms with van der Waals surface area (Å²) in [5.41, 5.74) is 5.47. The summed E-state index contributed by atoms with van der Waals surface area (Å²) in [6, 6.07) is 17.9. The van der Waals surface area contributed by atoms with E-state index in [0.29, 0.717) is 0 Å². The predicted molar refractivity (Wildman–Crippen MR) is 105 cm³/mol. The Morgan fingerprint density at radius 1 is 0.913 bits per heavy atom. The third-order valence-corrected chi connectivity index (χ3v) is 6.42. The molecule has 0 spiro atoms. The SMILES string of the molecule is CC[N+](CC)=C(c1ccccc1)c1cc(C)ccc1[Si](C)(C)C. The first-order valence-corrected chi connectivity index (χ1v) is 12.2.